The summed E-state index contributed by atoms with van der Waals surface area (Å²) in [6.07, 6.45) is 0. The van der Waals surface area contributed by atoms with Gasteiger partial charge in [0.2, 0.25) is 0 Å². The number of ether oxygens (including phenoxy) is 1. The predicted octanol–water partition coefficient (Wildman–Crippen LogP) is 3.09. The summed E-state index contributed by atoms with van der Waals surface area (Å²) in [6, 6.07) is 5.57. The van der Waals surface area contributed by atoms with Crippen LogP contribution in [0, 0.1) is 11.3 Å². The molecule has 1 rings (SSSR count). The summed E-state index contributed by atoms with van der Waals surface area (Å²) in [4.78, 5) is 0. The highest BCUT2D eigenvalue weighted by molar-refractivity contribution is 9.11. The van der Waals surface area contributed by atoms with E-state index in [4.69, 9.17) is 10.00 Å². The Morgan fingerprint density at radius 3 is 2.17 bits per heavy atom. The second kappa shape index (κ2) is 3.92. The van der Waals surface area contributed by atoms with Crippen molar-refractivity contribution in [2.24, 2.45) is 0 Å². The lowest BCUT2D eigenvalue weighted by atomic mass is 10.2. The molecular formula is C8H5Br2NO. The fraction of sp³-hybridized carbons (Fsp3) is 0.125. The highest BCUT2D eigenvalue weighted by Gasteiger charge is 2.06. The number of rotatable bonds is 1. The highest BCUT2D eigenvalue weighted by Crippen LogP contribution is 2.29. The van der Waals surface area contributed by atoms with Crippen molar-refractivity contribution in [3.05, 3.63) is 26.6 Å². The monoisotopic (exact) mass is 289 g/mol. The van der Waals surface area contributed by atoms with Crippen molar-refractivity contribution in [3.63, 3.8) is 0 Å². The number of hydrogen-bond donors (Lipinski definition) is 0. The van der Waals surface area contributed by atoms with E-state index in [1.807, 2.05) is 0 Å². The minimum absolute atomic E-state index is 0.579. The Hall–Kier alpha value is -0.530. The molecule has 0 bridgehead atoms. The van der Waals surface area contributed by atoms with Crippen LogP contribution in [0.2, 0.25) is 0 Å². The summed E-state index contributed by atoms with van der Waals surface area (Å²) in [5, 5.41) is 8.71. The molecular weight excluding hydrogens is 286 g/mol. The maximum Gasteiger partial charge on any atom is 0.121 e. The van der Waals surface area contributed by atoms with Crippen molar-refractivity contribution >= 4 is 31.9 Å². The molecule has 62 valence electrons. The maximum atomic E-state index is 8.71. The predicted molar refractivity (Wildman–Crippen MR) is 53.1 cm³/mol. The number of benzene rings is 1. The average Bonchev–Trinajstić information content (AvgIpc) is 2.03. The molecule has 0 spiro atoms. The Morgan fingerprint density at radius 2 is 1.83 bits per heavy atom. The Labute approximate surface area is 87.4 Å². The smallest absolute Gasteiger partial charge is 0.121 e. The summed E-state index contributed by atoms with van der Waals surface area (Å²) in [5.41, 5.74) is 0.579. The number of nitriles is 1. The fourth-order valence-corrected chi connectivity index (χ4v) is 2.10. The molecule has 0 aliphatic heterocycles. The molecule has 0 amide bonds. The molecule has 0 radical (unpaired) electrons. The molecule has 0 aliphatic carbocycles. The SMILES string of the molecule is COc1cc(Br)c(C#N)c(Br)c1. The maximum absolute atomic E-state index is 8.71. The number of nitrogens with zero attached hydrogens (tertiary/aromatic N) is 1. The van der Waals surface area contributed by atoms with E-state index in [-0.39, 0.29) is 0 Å². The van der Waals surface area contributed by atoms with Gasteiger partial charge in [0.05, 0.1) is 12.7 Å². The molecule has 0 atom stereocenters. The van der Waals surface area contributed by atoms with Crippen molar-refractivity contribution < 1.29 is 4.74 Å². The molecule has 0 unspecified atom stereocenters. The second-order valence-electron chi connectivity index (χ2n) is 2.08. The van der Waals surface area contributed by atoms with Gasteiger partial charge < -0.3 is 4.74 Å². The van der Waals surface area contributed by atoms with E-state index < -0.39 is 0 Å². The zero-order valence-electron chi connectivity index (χ0n) is 6.27. The second-order valence-corrected chi connectivity index (χ2v) is 3.79. The topological polar surface area (TPSA) is 33.0 Å². The van der Waals surface area contributed by atoms with Crippen LogP contribution >= 0.6 is 31.9 Å². The molecule has 12 heavy (non-hydrogen) atoms. The Bertz CT molecular complexity index is 320. The first kappa shape index (κ1) is 9.56. The molecule has 0 fully saturated rings. The molecule has 0 heterocycles. The molecule has 1 aromatic carbocycles. The lowest BCUT2D eigenvalue weighted by Gasteiger charge is -2.03. The van der Waals surface area contributed by atoms with Gasteiger partial charge >= 0.3 is 0 Å². The van der Waals surface area contributed by atoms with Gasteiger partial charge in [-0.1, -0.05) is 0 Å². The lowest BCUT2D eigenvalue weighted by Crippen LogP contribution is -1.86. The first-order valence-electron chi connectivity index (χ1n) is 3.12. The van der Waals surface area contributed by atoms with Crippen molar-refractivity contribution in [3.8, 4) is 11.8 Å². The van der Waals surface area contributed by atoms with Gasteiger partial charge in [0.15, 0.2) is 0 Å². The summed E-state index contributed by atoms with van der Waals surface area (Å²) in [5.74, 6) is 0.716. The van der Waals surface area contributed by atoms with Crippen LogP contribution in [0.3, 0.4) is 0 Å². The van der Waals surface area contributed by atoms with Crippen molar-refractivity contribution in [2.75, 3.05) is 7.11 Å². The Kier molecular flexibility index (Phi) is 3.12. The third-order valence-electron chi connectivity index (χ3n) is 1.36. The van der Waals surface area contributed by atoms with Crippen molar-refractivity contribution in [1.82, 2.24) is 0 Å². The van der Waals surface area contributed by atoms with Gasteiger partial charge in [0, 0.05) is 8.95 Å². The van der Waals surface area contributed by atoms with E-state index >= 15 is 0 Å². The summed E-state index contributed by atoms with van der Waals surface area (Å²) >= 11 is 6.53. The van der Waals surface area contributed by atoms with Crippen molar-refractivity contribution in [1.29, 1.82) is 5.26 Å². The molecule has 0 saturated carbocycles. The van der Waals surface area contributed by atoms with E-state index in [1.54, 1.807) is 19.2 Å². The molecule has 2 nitrogen and oxygen atoms in total. The molecule has 0 aromatic heterocycles. The van der Waals surface area contributed by atoms with E-state index in [9.17, 15) is 0 Å². The van der Waals surface area contributed by atoms with Gasteiger partial charge in [0.1, 0.15) is 11.8 Å². The van der Waals surface area contributed by atoms with E-state index in [2.05, 4.69) is 37.9 Å². The van der Waals surface area contributed by atoms with Gasteiger partial charge in [0.25, 0.3) is 0 Å². The molecule has 0 saturated heterocycles. The minimum atomic E-state index is 0.579. The number of halogens is 2. The molecule has 4 heteroatoms. The fourth-order valence-electron chi connectivity index (χ4n) is 0.775. The van der Waals surface area contributed by atoms with Crippen LogP contribution in [0.4, 0.5) is 0 Å². The third-order valence-corrected chi connectivity index (χ3v) is 2.61. The van der Waals surface area contributed by atoms with Crippen molar-refractivity contribution in [2.45, 2.75) is 0 Å². The van der Waals surface area contributed by atoms with Gasteiger partial charge in [-0.25, -0.2) is 0 Å². The standard InChI is InChI=1S/C8H5Br2NO/c1-12-5-2-7(9)6(4-11)8(10)3-5/h2-3H,1H3. The van der Waals surface area contributed by atoms with Crippen LogP contribution in [0.15, 0.2) is 21.1 Å². The highest BCUT2D eigenvalue weighted by atomic mass is 79.9. The van der Waals surface area contributed by atoms with Crippen LogP contribution < -0.4 is 4.74 Å². The normalized spacial score (nSPS) is 9.17. The Morgan fingerprint density at radius 1 is 1.33 bits per heavy atom. The summed E-state index contributed by atoms with van der Waals surface area (Å²) in [6.45, 7) is 0. The zero-order chi connectivity index (χ0) is 9.14. The van der Waals surface area contributed by atoms with E-state index in [0.29, 0.717) is 11.3 Å². The first-order chi connectivity index (χ1) is 5.69. The van der Waals surface area contributed by atoms with E-state index in [0.717, 1.165) is 8.95 Å². The zero-order valence-corrected chi connectivity index (χ0v) is 9.44. The molecule has 1 aromatic rings. The third kappa shape index (κ3) is 1.79. The van der Waals surface area contributed by atoms with Gasteiger partial charge in [-0.2, -0.15) is 5.26 Å². The van der Waals surface area contributed by atoms with Crippen LogP contribution in [0.1, 0.15) is 5.56 Å². The van der Waals surface area contributed by atoms with Crippen LogP contribution in [-0.2, 0) is 0 Å². The van der Waals surface area contributed by atoms with Crippen LogP contribution in [0.5, 0.6) is 5.75 Å². The largest absolute Gasteiger partial charge is 0.497 e. The summed E-state index contributed by atoms with van der Waals surface area (Å²) < 4.78 is 6.47. The quantitative estimate of drug-likeness (QED) is 0.796. The number of hydrogen-bond acceptors (Lipinski definition) is 2. The summed E-state index contributed by atoms with van der Waals surface area (Å²) in [7, 11) is 1.58. The lowest BCUT2D eigenvalue weighted by molar-refractivity contribution is 0.414. The molecule has 0 aliphatic rings. The van der Waals surface area contributed by atoms with Gasteiger partial charge in [-0.3, -0.25) is 0 Å². The minimum Gasteiger partial charge on any atom is -0.497 e. The Balaban J connectivity index is 3.30. The number of methoxy groups -OCH3 is 1. The molecule has 0 N–H and O–H groups in total. The first-order valence-corrected chi connectivity index (χ1v) is 4.70. The van der Waals surface area contributed by atoms with Gasteiger partial charge in [-0.05, 0) is 44.0 Å². The van der Waals surface area contributed by atoms with Crippen LogP contribution in [0.25, 0.3) is 0 Å². The van der Waals surface area contributed by atoms with Crippen LogP contribution in [-0.4, -0.2) is 7.11 Å². The van der Waals surface area contributed by atoms with E-state index in [1.165, 1.54) is 0 Å². The van der Waals surface area contributed by atoms with Gasteiger partial charge in [-0.15, -0.1) is 0 Å². The average molecular weight is 291 g/mol.